The Labute approximate surface area is 181 Å². The van der Waals surface area contributed by atoms with Gasteiger partial charge in [-0.15, -0.1) is 0 Å². The molecule has 0 bridgehead atoms. The lowest BCUT2D eigenvalue weighted by Crippen LogP contribution is -2.42. The number of halogens is 2. The van der Waals surface area contributed by atoms with Crippen molar-refractivity contribution in [3.05, 3.63) is 69.5 Å². The molecule has 30 heavy (non-hydrogen) atoms. The van der Waals surface area contributed by atoms with E-state index in [1.165, 1.54) is 6.07 Å². The molecule has 2 unspecified atom stereocenters. The summed E-state index contributed by atoms with van der Waals surface area (Å²) in [4.78, 5) is 14.5. The zero-order valence-electron chi connectivity index (χ0n) is 17.5. The van der Waals surface area contributed by atoms with E-state index in [0.717, 1.165) is 16.7 Å². The molecule has 4 rings (SSSR count). The first-order valence-electron chi connectivity index (χ1n) is 10.1. The molecule has 2 aromatic carbocycles. The number of hydrogen-bond donors (Lipinski definition) is 0. The number of ether oxygens (including phenoxy) is 2. The normalized spacial score (nSPS) is 20.3. The van der Waals surface area contributed by atoms with E-state index in [-0.39, 0.29) is 12.1 Å². The fourth-order valence-corrected chi connectivity index (χ4v) is 4.17. The zero-order valence-corrected chi connectivity index (χ0v) is 18.3. The van der Waals surface area contributed by atoms with Crippen LogP contribution in [0.1, 0.15) is 62.1 Å². The maximum atomic E-state index is 14.5. The smallest absolute Gasteiger partial charge is 0.410 e. The Morgan fingerprint density at radius 3 is 2.73 bits per heavy atom. The molecule has 0 saturated heterocycles. The van der Waals surface area contributed by atoms with Gasteiger partial charge in [0.2, 0.25) is 0 Å². The first-order valence-corrected chi connectivity index (χ1v) is 10.5. The Morgan fingerprint density at radius 2 is 2.03 bits per heavy atom. The van der Waals surface area contributed by atoms with Gasteiger partial charge in [0.1, 0.15) is 23.3 Å². The average molecular weight is 430 g/mol. The van der Waals surface area contributed by atoms with E-state index in [0.29, 0.717) is 29.3 Å². The van der Waals surface area contributed by atoms with Gasteiger partial charge >= 0.3 is 6.09 Å². The van der Waals surface area contributed by atoms with Crippen molar-refractivity contribution >= 4 is 23.8 Å². The van der Waals surface area contributed by atoms with Gasteiger partial charge in [-0.2, -0.15) is 0 Å². The molecule has 0 saturated carbocycles. The molecule has 0 aromatic heterocycles. The summed E-state index contributed by atoms with van der Waals surface area (Å²) in [6, 6.07) is 8.45. The Balaban J connectivity index is 1.68. The maximum absolute atomic E-state index is 14.5. The van der Waals surface area contributed by atoms with E-state index < -0.39 is 17.5 Å². The number of benzene rings is 2. The van der Waals surface area contributed by atoms with Crippen molar-refractivity contribution in [1.29, 1.82) is 0 Å². The Morgan fingerprint density at radius 1 is 1.27 bits per heavy atom. The molecular formula is C24H25ClFNO3. The highest BCUT2D eigenvalue weighted by atomic mass is 35.5. The van der Waals surface area contributed by atoms with Crippen LogP contribution in [-0.2, 0) is 11.2 Å². The van der Waals surface area contributed by atoms with Gasteiger partial charge in [-0.3, -0.25) is 0 Å². The van der Waals surface area contributed by atoms with Crippen LogP contribution in [0.3, 0.4) is 0 Å². The van der Waals surface area contributed by atoms with Crippen LogP contribution in [-0.4, -0.2) is 23.1 Å². The molecule has 2 heterocycles. The van der Waals surface area contributed by atoms with Crippen LogP contribution >= 0.6 is 11.6 Å². The average Bonchev–Trinajstić information content (AvgIpc) is 2.66. The third kappa shape index (κ3) is 3.91. The molecule has 4 nitrogen and oxygen atoms in total. The molecular weight excluding hydrogens is 405 g/mol. The van der Waals surface area contributed by atoms with Crippen molar-refractivity contribution in [1.82, 2.24) is 4.90 Å². The number of carbonyl (C=O) groups is 1. The van der Waals surface area contributed by atoms with Crippen molar-refractivity contribution in [2.45, 2.75) is 51.9 Å². The van der Waals surface area contributed by atoms with E-state index in [9.17, 15) is 9.18 Å². The number of hydrogen-bond acceptors (Lipinski definition) is 3. The molecule has 1 amide bonds. The molecule has 2 aromatic rings. The van der Waals surface area contributed by atoms with Gasteiger partial charge < -0.3 is 14.4 Å². The van der Waals surface area contributed by atoms with Crippen LogP contribution in [0.5, 0.6) is 5.75 Å². The minimum atomic E-state index is -0.566. The summed E-state index contributed by atoms with van der Waals surface area (Å²) >= 11 is 5.89. The van der Waals surface area contributed by atoms with E-state index in [2.05, 4.69) is 6.07 Å². The largest absolute Gasteiger partial charge is 0.480 e. The van der Waals surface area contributed by atoms with E-state index in [1.54, 1.807) is 17.0 Å². The molecule has 0 N–H and O–H groups in total. The van der Waals surface area contributed by atoms with Crippen LogP contribution in [0, 0.1) is 5.82 Å². The third-order valence-corrected chi connectivity index (χ3v) is 5.65. The van der Waals surface area contributed by atoms with Crippen molar-refractivity contribution in [3.63, 3.8) is 0 Å². The minimum absolute atomic E-state index is 0.222. The second-order valence-corrected chi connectivity index (χ2v) is 9.16. The predicted octanol–water partition coefficient (Wildman–Crippen LogP) is 6.48. The zero-order chi connectivity index (χ0) is 21.6. The minimum Gasteiger partial charge on any atom is -0.480 e. The van der Waals surface area contributed by atoms with Crippen LogP contribution in [0.4, 0.5) is 9.18 Å². The highest BCUT2D eigenvalue weighted by Crippen LogP contribution is 2.44. The SMILES string of the molecule is CC1c2c(ccc3c2OC(c2ccc(Cl)cc2F)C=C3)CCN1C(=O)OC(C)(C)C. The summed E-state index contributed by atoms with van der Waals surface area (Å²) in [5.74, 6) is 0.281. The molecule has 2 atom stereocenters. The van der Waals surface area contributed by atoms with Crippen LogP contribution in [0.15, 0.2) is 36.4 Å². The maximum Gasteiger partial charge on any atom is 0.410 e. The first-order chi connectivity index (χ1) is 14.1. The lowest BCUT2D eigenvalue weighted by atomic mass is 9.89. The Kier molecular flexibility index (Phi) is 5.27. The van der Waals surface area contributed by atoms with E-state index >= 15 is 0 Å². The first kappa shape index (κ1) is 20.7. The van der Waals surface area contributed by atoms with Gasteiger partial charge in [0.15, 0.2) is 0 Å². The highest BCUT2D eigenvalue weighted by Gasteiger charge is 2.35. The molecule has 0 fully saturated rings. The number of carbonyl (C=O) groups excluding carboxylic acids is 1. The lowest BCUT2D eigenvalue weighted by molar-refractivity contribution is 0.0156. The molecule has 0 spiro atoms. The summed E-state index contributed by atoms with van der Waals surface area (Å²) in [5.41, 5.74) is 2.85. The number of amides is 1. The summed E-state index contributed by atoms with van der Waals surface area (Å²) in [7, 11) is 0. The topological polar surface area (TPSA) is 38.8 Å². The number of fused-ring (bicyclic) bond motifs is 3. The quantitative estimate of drug-likeness (QED) is 0.520. The number of rotatable bonds is 1. The third-order valence-electron chi connectivity index (χ3n) is 5.42. The second kappa shape index (κ2) is 7.62. The van der Waals surface area contributed by atoms with Crippen molar-refractivity contribution < 1.29 is 18.7 Å². The summed E-state index contributed by atoms with van der Waals surface area (Å²) in [5, 5.41) is 0.343. The van der Waals surface area contributed by atoms with Crippen LogP contribution < -0.4 is 4.74 Å². The summed E-state index contributed by atoms with van der Waals surface area (Å²) in [6.07, 6.45) is 3.58. The molecule has 0 aliphatic carbocycles. The molecule has 2 aliphatic rings. The Bertz CT molecular complexity index is 1030. The van der Waals surface area contributed by atoms with Gasteiger partial charge in [-0.1, -0.05) is 35.9 Å². The van der Waals surface area contributed by atoms with E-state index in [4.69, 9.17) is 21.1 Å². The monoisotopic (exact) mass is 429 g/mol. The van der Waals surface area contributed by atoms with Crippen molar-refractivity contribution in [2.75, 3.05) is 6.54 Å². The van der Waals surface area contributed by atoms with Gasteiger partial charge in [0.05, 0.1) is 6.04 Å². The lowest BCUT2D eigenvalue weighted by Gasteiger charge is -2.38. The van der Waals surface area contributed by atoms with Crippen LogP contribution in [0.25, 0.3) is 6.08 Å². The fraction of sp³-hybridized carbons (Fsp3) is 0.375. The van der Waals surface area contributed by atoms with Gasteiger partial charge in [0.25, 0.3) is 0 Å². The summed E-state index contributed by atoms with van der Waals surface area (Å²) in [6.45, 7) is 8.12. The second-order valence-electron chi connectivity index (χ2n) is 8.72. The number of nitrogens with zero attached hydrogens (tertiary/aromatic N) is 1. The van der Waals surface area contributed by atoms with Gasteiger partial charge in [-0.05, 0) is 57.9 Å². The highest BCUT2D eigenvalue weighted by molar-refractivity contribution is 6.30. The van der Waals surface area contributed by atoms with Crippen molar-refractivity contribution in [2.24, 2.45) is 0 Å². The van der Waals surface area contributed by atoms with E-state index in [1.807, 2.05) is 45.9 Å². The Hall–Kier alpha value is -2.53. The van der Waals surface area contributed by atoms with Crippen LogP contribution in [0.2, 0.25) is 5.02 Å². The predicted molar refractivity (Wildman–Crippen MR) is 115 cm³/mol. The van der Waals surface area contributed by atoms with Gasteiger partial charge in [0, 0.05) is 28.3 Å². The molecule has 2 aliphatic heterocycles. The molecule has 6 heteroatoms. The molecule has 0 radical (unpaired) electrons. The summed E-state index contributed by atoms with van der Waals surface area (Å²) < 4.78 is 26.4. The standard InChI is InChI=1S/C24H25ClFNO3/c1-14-21-15(11-12-27(14)23(28)30-24(2,3)4)5-6-16-7-10-20(29-22(16)21)18-9-8-17(25)13-19(18)26/h5-10,13-14,20H,11-12H2,1-4H3. The fourth-order valence-electron chi connectivity index (χ4n) is 4.01. The van der Waals surface area contributed by atoms with Gasteiger partial charge in [-0.25, -0.2) is 9.18 Å². The molecule has 158 valence electrons. The van der Waals surface area contributed by atoms with Crippen molar-refractivity contribution in [3.8, 4) is 5.75 Å².